The number of hydrogen-bond donors (Lipinski definition) is 1. The van der Waals surface area contributed by atoms with Crippen molar-refractivity contribution in [1.82, 2.24) is 4.90 Å². The second-order valence-electron chi connectivity index (χ2n) is 7.13. The topological polar surface area (TPSA) is 111 Å². The zero-order chi connectivity index (χ0) is 25.7. The number of carbonyl (C=O) groups is 4. The second kappa shape index (κ2) is 11.4. The largest absolute Gasteiger partial charge is 0.493 e. The Morgan fingerprint density at radius 3 is 2.51 bits per heavy atom. The Kier molecular flexibility index (Phi) is 8.52. The number of esters is 1. The third-order valence-electron chi connectivity index (χ3n) is 4.78. The van der Waals surface area contributed by atoms with Crippen molar-refractivity contribution in [3.8, 4) is 11.5 Å². The highest BCUT2D eigenvalue weighted by Gasteiger charge is 2.41. The molecule has 1 aliphatic heterocycles. The molecule has 0 radical (unpaired) electrons. The lowest BCUT2D eigenvalue weighted by atomic mass is 10.1. The Labute approximate surface area is 212 Å². The molecule has 12 heteroatoms. The Morgan fingerprint density at radius 1 is 1.20 bits per heavy atom. The maximum absolute atomic E-state index is 13.0. The van der Waals surface area contributed by atoms with Crippen LogP contribution in [0.3, 0.4) is 0 Å². The Hall–Kier alpha value is -3.38. The highest BCUT2D eigenvalue weighted by atomic mass is 79.9. The van der Waals surface area contributed by atoms with Crippen molar-refractivity contribution in [2.45, 2.75) is 13.0 Å². The molecule has 2 aromatic rings. The summed E-state index contributed by atoms with van der Waals surface area (Å²) in [5, 5.41) is 2.00. The van der Waals surface area contributed by atoms with Crippen LogP contribution in [0.4, 0.5) is 14.9 Å². The number of anilines is 1. The van der Waals surface area contributed by atoms with Gasteiger partial charge in [-0.15, -0.1) is 0 Å². The van der Waals surface area contributed by atoms with Gasteiger partial charge in [0.25, 0.3) is 17.1 Å². The first-order valence-electron chi connectivity index (χ1n) is 10.0. The summed E-state index contributed by atoms with van der Waals surface area (Å²) < 4.78 is 29.0. The average molecular weight is 567 g/mol. The van der Waals surface area contributed by atoms with E-state index in [1.807, 2.05) is 0 Å². The molecule has 1 heterocycles. The molecule has 9 nitrogen and oxygen atoms in total. The van der Waals surface area contributed by atoms with Gasteiger partial charge < -0.3 is 19.5 Å². The van der Waals surface area contributed by atoms with Gasteiger partial charge in [0, 0.05) is 5.69 Å². The molecule has 1 fully saturated rings. The first-order chi connectivity index (χ1) is 16.6. The van der Waals surface area contributed by atoms with Crippen molar-refractivity contribution in [2.75, 3.05) is 26.1 Å². The molecule has 0 bridgehead atoms. The molecular formula is C23H20BrFN2O7S. The Morgan fingerprint density at radius 2 is 1.89 bits per heavy atom. The molecule has 3 rings (SSSR count). The standard InChI is InChI=1S/C23H20BrFN2O7S/c1-12(22(30)33-3)27-21(29)18(35-23(27)31)10-13-8-16(24)20(17(9-13)32-2)34-11-19(28)26-15-6-4-14(25)5-7-15/h4-10,12H,11H2,1-3H3,(H,26,28)/b18-10+/t12-/m1/s1. The summed E-state index contributed by atoms with van der Waals surface area (Å²) in [4.78, 5) is 49.9. The molecule has 0 aliphatic carbocycles. The number of methoxy groups -OCH3 is 2. The maximum atomic E-state index is 13.0. The van der Waals surface area contributed by atoms with Gasteiger partial charge in [0.15, 0.2) is 18.1 Å². The van der Waals surface area contributed by atoms with E-state index in [-0.39, 0.29) is 23.0 Å². The van der Waals surface area contributed by atoms with Gasteiger partial charge in [-0.2, -0.15) is 0 Å². The Balaban J connectivity index is 1.75. The van der Waals surface area contributed by atoms with Gasteiger partial charge in [0.05, 0.1) is 23.6 Å². The number of hydrogen-bond acceptors (Lipinski definition) is 8. The number of nitrogens with zero attached hydrogens (tertiary/aromatic N) is 1. The van der Waals surface area contributed by atoms with Crippen LogP contribution in [-0.2, 0) is 19.1 Å². The molecular weight excluding hydrogens is 547 g/mol. The fourth-order valence-corrected chi connectivity index (χ4v) is 4.55. The van der Waals surface area contributed by atoms with E-state index < -0.39 is 34.9 Å². The molecule has 1 saturated heterocycles. The molecule has 1 aliphatic rings. The van der Waals surface area contributed by atoms with Gasteiger partial charge in [0.2, 0.25) is 0 Å². The van der Waals surface area contributed by atoms with E-state index in [9.17, 15) is 23.6 Å². The highest BCUT2D eigenvalue weighted by molar-refractivity contribution is 9.10. The minimum Gasteiger partial charge on any atom is -0.493 e. The lowest BCUT2D eigenvalue weighted by Gasteiger charge is -2.18. The third-order valence-corrected chi connectivity index (χ3v) is 6.25. The Bertz CT molecular complexity index is 1200. The molecule has 0 unspecified atom stereocenters. The second-order valence-corrected chi connectivity index (χ2v) is 8.98. The van der Waals surface area contributed by atoms with Crippen molar-refractivity contribution in [3.05, 3.63) is 57.2 Å². The van der Waals surface area contributed by atoms with E-state index in [0.717, 1.165) is 4.90 Å². The normalized spacial score (nSPS) is 15.2. The van der Waals surface area contributed by atoms with Crippen LogP contribution >= 0.6 is 27.7 Å². The van der Waals surface area contributed by atoms with E-state index in [0.29, 0.717) is 27.5 Å². The summed E-state index contributed by atoms with van der Waals surface area (Å²) in [5.74, 6) is -1.71. The molecule has 35 heavy (non-hydrogen) atoms. The van der Waals surface area contributed by atoms with Gasteiger partial charge in [0.1, 0.15) is 11.9 Å². The van der Waals surface area contributed by atoms with Crippen molar-refractivity contribution in [1.29, 1.82) is 0 Å². The van der Waals surface area contributed by atoms with E-state index >= 15 is 0 Å². The van der Waals surface area contributed by atoms with Gasteiger partial charge in [-0.25, -0.2) is 9.18 Å². The number of imide groups is 1. The first-order valence-corrected chi connectivity index (χ1v) is 11.7. The SMILES string of the molecule is COC(=O)[C@@H](C)N1C(=O)S/C(=C/c2cc(Br)c(OCC(=O)Nc3ccc(F)cc3)c(OC)c2)C1=O. The lowest BCUT2D eigenvalue weighted by molar-refractivity contribution is -0.148. The van der Waals surface area contributed by atoms with Crippen LogP contribution < -0.4 is 14.8 Å². The van der Waals surface area contributed by atoms with Gasteiger partial charge in [-0.05, 0) is 82.7 Å². The molecule has 1 atom stereocenters. The van der Waals surface area contributed by atoms with Crippen LogP contribution in [0.25, 0.3) is 6.08 Å². The van der Waals surface area contributed by atoms with Gasteiger partial charge in [-0.3, -0.25) is 19.3 Å². The smallest absolute Gasteiger partial charge is 0.328 e. The predicted molar refractivity (Wildman–Crippen MR) is 131 cm³/mol. The van der Waals surface area contributed by atoms with E-state index in [1.54, 1.807) is 12.1 Å². The third kappa shape index (κ3) is 6.20. The van der Waals surface area contributed by atoms with Crippen LogP contribution in [0.2, 0.25) is 0 Å². The summed E-state index contributed by atoms with van der Waals surface area (Å²) >= 11 is 4.06. The average Bonchev–Trinajstić information content (AvgIpc) is 3.10. The number of halogens is 2. The molecule has 0 saturated carbocycles. The predicted octanol–water partition coefficient (Wildman–Crippen LogP) is 4.21. The van der Waals surface area contributed by atoms with Crippen LogP contribution in [0.5, 0.6) is 11.5 Å². The summed E-state index contributed by atoms with van der Waals surface area (Å²) in [7, 11) is 2.58. The number of amides is 3. The van der Waals surface area contributed by atoms with Gasteiger partial charge in [-0.1, -0.05) is 0 Å². The van der Waals surface area contributed by atoms with E-state index in [4.69, 9.17) is 9.47 Å². The minimum atomic E-state index is -1.06. The van der Waals surface area contributed by atoms with Crippen molar-refractivity contribution >= 4 is 62.5 Å². The molecule has 1 N–H and O–H groups in total. The summed E-state index contributed by atoms with van der Waals surface area (Å²) in [6.07, 6.45) is 1.48. The van der Waals surface area contributed by atoms with Crippen LogP contribution in [0, 0.1) is 5.82 Å². The summed E-state index contributed by atoms with van der Waals surface area (Å²) in [6, 6.07) is 7.41. The number of benzene rings is 2. The molecule has 2 aromatic carbocycles. The molecule has 0 aromatic heterocycles. The molecule has 0 spiro atoms. The van der Waals surface area contributed by atoms with Crippen molar-refractivity contribution < 1.29 is 37.8 Å². The van der Waals surface area contributed by atoms with Crippen LogP contribution in [-0.4, -0.2) is 54.8 Å². The number of carbonyl (C=O) groups excluding carboxylic acids is 4. The quantitative estimate of drug-likeness (QED) is 0.373. The van der Waals surface area contributed by atoms with E-state index in [2.05, 4.69) is 26.0 Å². The van der Waals surface area contributed by atoms with Crippen molar-refractivity contribution in [3.63, 3.8) is 0 Å². The lowest BCUT2D eigenvalue weighted by Crippen LogP contribution is -2.42. The van der Waals surface area contributed by atoms with Gasteiger partial charge >= 0.3 is 5.97 Å². The number of nitrogens with one attached hydrogen (secondary N) is 1. The zero-order valence-electron chi connectivity index (χ0n) is 18.8. The number of rotatable bonds is 8. The highest BCUT2D eigenvalue weighted by Crippen LogP contribution is 2.39. The monoisotopic (exact) mass is 566 g/mol. The first kappa shape index (κ1) is 26.2. The van der Waals surface area contributed by atoms with Crippen LogP contribution in [0.1, 0.15) is 12.5 Å². The summed E-state index contributed by atoms with van der Waals surface area (Å²) in [6.45, 7) is 1.05. The van der Waals surface area contributed by atoms with Crippen LogP contribution in [0.15, 0.2) is 45.8 Å². The maximum Gasteiger partial charge on any atom is 0.328 e. The zero-order valence-corrected chi connectivity index (χ0v) is 21.2. The fraction of sp³-hybridized carbons (Fsp3) is 0.217. The van der Waals surface area contributed by atoms with Crippen molar-refractivity contribution in [2.24, 2.45) is 0 Å². The molecule has 184 valence electrons. The number of ether oxygens (including phenoxy) is 3. The number of thioether (sulfide) groups is 1. The fourth-order valence-electron chi connectivity index (χ4n) is 3.07. The molecule has 3 amide bonds. The van der Waals surface area contributed by atoms with E-state index in [1.165, 1.54) is 51.5 Å². The summed E-state index contributed by atoms with van der Waals surface area (Å²) in [5.41, 5.74) is 0.921. The minimum absolute atomic E-state index is 0.118.